The Labute approximate surface area is 224 Å². The van der Waals surface area contributed by atoms with Gasteiger partial charge in [0.2, 0.25) is 0 Å². The number of pyridine rings is 1. The lowest BCUT2D eigenvalue weighted by atomic mass is 9.80. The molecule has 0 aromatic carbocycles. The highest BCUT2D eigenvalue weighted by atomic mass is 19.1. The fourth-order valence-electron chi connectivity index (χ4n) is 4.52. The molecule has 2 aliphatic rings. The summed E-state index contributed by atoms with van der Waals surface area (Å²) in [6.45, 7) is 10.8. The molecule has 208 valence electrons. The number of aromatic nitrogens is 3. The van der Waals surface area contributed by atoms with Gasteiger partial charge in [-0.15, -0.1) is 0 Å². The van der Waals surface area contributed by atoms with Crippen molar-refractivity contribution >= 4 is 18.0 Å². The Balaban J connectivity index is 1.49. The normalized spacial score (nSPS) is 19.5. The Kier molecular flexibility index (Phi) is 7.47. The van der Waals surface area contributed by atoms with Gasteiger partial charge in [0.15, 0.2) is 11.6 Å². The second kappa shape index (κ2) is 10.2. The summed E-state index contributed by atoms with van der Waals surface area (Å²) in [6.07, 6.45) is 4.28. The third kappa shape index (κ3) is 6.63. The molecule has 2 fully saturated rings. The van der Waals surface area contributed by atoms with Crippen LogP contribution in [0.5, 0.6) is 0 Å². The van der Waals surface area contributed by atoms with E-state index in [4.69, 9.17) is 14.6 Å². The van der Waals surface area contributed by atoms with Gasteiger partial charge in [0.1, 0.15) is 11.2 Å². The van der Waals surface area contributed by atoms with Gasteiger partial charge in [0, 0.05) is 38.3 Å². The van der Waals surface area contributed by atoms with E-state index in [1.807, 2.05) is 10.9 Å². The number of amides is 2. The third-order valence-electron chi connectivity index (χ3n) is 6.51. The molecule has 0 saturated heterocycles. The first-order valence-corrected chi connectivity index (χ1v) is 13.3. The maximum absolute atomic E-state index is 14.3. The largest absolute Gasteiger partial charge is 0.443 e. The van der Waals surface area contributed by atoms with Crippen molar-refractivity contribution in [1.29, 1.82) is 0 Å². The number of hydrogen-bond acceptors (Lipinski definition) is 7. The van der Waals surface area contributed by atoms with Crippen LogP contribution in [0.1, 0.15) is 84.9 Å². The van der Waals surface area contributed by atoms with Gasteiger partial charge in [-0.2, -0.15) is 5.10 Å². The average molecular weight is 530 g/mol. The van der Waals surface area contributed by atoms with Crippen molar-refractivity contribution in [2.24, 2.45) is 5.92 Å². The number of imide groups is 1. The Bertz CT molecular complexity index is 1160. The molecule has 38 heavy (non-hydrogen) atoms. The highest BCUT2D eigenvalue weighted by Crippen LogP contribution is 2.46. The van der Waals surface area contributed by atoms with Crippen LogP contribution < -0.4 is 4.90 Å². The van der Waals surface area contributed by atoms with Gasteiger partial charge in [0.05, 0.1) is 17.4 Å². The predicted octanol–water partition coefficient (Wildman–Crippen LogP) is 6.15. The first kappa shape index (κ1) is 27.9. The SMILES string of the molecule is CN(C)c1nc(-c2cn(C3CC(CN(C(=O)OC(C)(C)C)C(=O)OC(C)(C)C)C3)nc2C2CC2)ccc1F. The van der Waals surface area contributed by atoms with Gasteiger partial charge < -0.3 is 14.4 Å². The van der Waals surface area contributed by atoms with E-state index in [1.165, 1.54) is 6.07 Å². The molecule has 0 unspecified atom stereocenters. The van der Waals surface area contributed by atoms with Crippen molar-refractivity contribution in [3.05, 3.63) is 29.8 Å². The molecule has 0 atom stereocenters. The Morgan fingerprint density at radius 3 is 2.11 bits per heavy atom. The van der Waals surface area contributed by atoms with Crippen molar-refractivity contribution < 1.29 is 23.5 Å². The number of carbonyl (C=O) groups is 2. The summed E-state index contributed by atoms with van der Waals surface area (Å²) >= 11 is 0. The van der Waals surface area contributed by atoms with E-state index in [1.54, 1.807) is 66.6 Å². The maximum Gasteiger partial charge on any atom is 0.419 e. The Hall–Kier alpha value is -3.17. The molecule has 0 radical (unpaired) electrons. The molecule has 0 bridgehead atoms. The summed E-state index contributed by atoms with van der Waals surface area (Å²) in [6, 6.07) is 3.30. The molecule has 2 saturated carbocycles. The van der Waals surface area contributed by atoms with Gasteiger partial charge in [-0.25, -0.2) is 23.9 Å². The number of carbonyl (C=O) groups excluding carboxylic acids is 2. The van der Waals surface area contributed by atoms with Crippen LogP contribution in [0.4, 0.5) is 19.8 Å². The van der Waals surface area contributed by atoms with Crippen LogP contribution in [0, 0.1) is 11.7 Å². The molecule has 10 heteroatoms. The molecule has 0 spiro atoms. The van der Waals surface area contributed by atoms with Crippen LogP contribution in [0.25, 0.3) is 11.3 Å². The van der Waals surface area contributed by atoms with Crippen LogP contribution >= 0.6 is 0 Å². The molecule has 4 rings (SSSR count). The molecule has 0 aliphatic heterocycles. The molecule has 2 aromatic heterocycles. The first-order chi connectivity index (χ1) is 17.6. The number of ether oxygens (including phenoxy) is 2. The fraction of sp³-hybridized carbons (Fsp3) is 0.643. The van der Waals surface area contributed by atoms with E-state index in [-0.39, 0.29) is 24.3 Å². The fourth-order valence-corrected chi connectivity index (χ4v) is 4.52. The van der Waals surface area contributed by atoms with Gasteiger partial charge >= 0.3 is 12.2 Å². The number of hydrogen-bond donors (Lipinski definition) is 0. The second-order valence-electron chi connectivity index (χ2n) is 12.6. The molecular formula is C28H40FN5O4. The van der Waals surface area contributed by atoms with Gasteiger partial charge in [-0.1, -0.05) is 0 Å². The second-order valence-corrected chi connectivity index (χ2v) is 12.6. The van der Waals surface area contributed by atoms with Crippen molar-refractivity contribution in [1.82, 2.24) is 19.7 Å². The lowest BCUT2D eigenvalue weighted by molar-refractivity contribution is -0.00641. The third-order valence-corrected chi connectivity index (χ3v) is 6.51. The molecule has 2 aromatic rings. The first-order valence-electron chi connectivity index (χ1n) is 13.3. The quantitative estimate of drug-likeness (QED) is 0.443. The standard InChI is InChI=1S/C28H40FN5O4/c1-27(2,3)37-25(35)33(26(36)38-28(4,5)6)15-17-13-19(14-17)34-16-20(23(31-34)18-9-10-18)22-12-11-21(29)24(30-22)32(7)8/h11-12,16-19H,9-10,13-15H2,1-8H3. The number of halogens is 1. The van der Waals surface area contributed by atoms with Crippen LogP contribution in [-0.2, 0) is 9.47 Å². The summed E-state index contributed by atoms with van der Waals surface area (Å²) < 4.78 is 27.2. The van der Waals surface area contributed by atoms with E-state index < -0.39 is 23.4 Å². The van der Waals surface area contributed by atoms with E-state index in [2.05, 4.69) is 4.98 Å². The Morgan fingerprint density at radius 1 is 1.03 bits per heavy atom. The van der Waals surface area contributed by atoms with Crippen molar-refractivity contribution in [2.45, 2.75) is 90.4 Å². The topological polar surface area (TPSA) is 89.8 Å². The van der Waals surface area contributed by atoms with Gasteiger partial charge in [-0.3, -0.25) is 4.68 Å². The Morgan fingerprint density at radius 2 is 1.61 bits per heavy atom. The lowest BCUT2D eigenvalue weighted by Gasteiger charge is -2.38. The van der Waals surface area contributed by atoms with Crippen LogP contribution in [0.15, 0.2) is 18.3 Å². The minimum atomic E-state index is -0.731. The minimum Gasteiger partial charge on any atom is -0.443 e. The molecule has 2 heterocycles. The van der Waals surface area contributed by atoms with Crippen molar-refractivity contribution in [3.63, 3.8) is 0 Å². The molecule has 2 amide bonds. The van der Waals surface area contributed by atoms with Gasteiger partial charge in [-0.05, 0) is 85.3 Å². The molecule has 0 N–H and O–H groups in total. The summed E-state index contributed by atoms with van der Waals surface area (Å²) in [5, 5.41) is 4.92. The summed E-state index contributed by atoms with van der Waals surface area (Å²) in [7, 11) is 3.54. The van der Waals surface area contributed by atoms with E-state index in [9.17, 15) is 14.0 Å². The van der Waals surface area contributed by atoms with E-state index in [0.717, 1.165) is 41.8 Å². The molecular weight excluding hydrogens is 489 g/mol. The minimum absolute atomic E-state index is 0.0985. The number of anilines is 1. The smallest absolute Gasteiger partial charge is 0.419 e. The van der Waals surface area contributed by atoms with Gasteiger partial charge in [0.25, 0.3) is 0 Å². The average Bonchev–Trinajstić information content (AvgIpc) is 3.49. The summed E-state index contributed by atoms with van der Waals surface area (Å²) in [4.78, 5) is 33.0. The zero-order chi connectivity index (χ0) is 28.0. The van der Waals surface area contributed by atoms with E-state index >= 15 is 0 Å². The van der Waals surface area contributed by atoms with E-state index in [0.29, 0.717) is 17.4 Å². The van der Waals surface area contributed by atoms with Crippen LogP contribution in [-0.4, -0.2) is 63.7 Å². The van der Waals surface area contributed by atoms with Crippen LogP contribution in [0.2, 0.25) is 0 Å². The number of rotatable bonds is 6. The predicted molar refractivity (Wildman–Crippen MR) is 143 cm³/mol. The number of nitrogens with zero attached hydrogens (tertiary/aromatic N) is 5. The summed E-state index contributed by atoms with van der Waals surface area (Å²) in [5.41, 5.74) is 1.18. The molecule has 2 aliphatic carbocycles. The van der Waals surface area contributed by atoms with Crippen molar-refractivity contribution in [3.8, 4) is 11.3 Å². The van der Waals surface area contributed by atoms with Crippen LogP contribution in [0.3, 0.4) is 0 Å². The zero-order valence-electron chi connectivity index (χ0n) is 23.7. The maximum atomic E-state index is 14.3. The lowest BCUT2D eigenvalue weighted by Crippen LogP contribution is -2.47. The van der Waals surface area contributed by atoms with Crippen molar-refractivity contribution in [2.75, 3.05) is 25.5 Å². The summed E-state index contributed by atoms with van der Waals surface area (Å²) in [5.74, 6) is 0.429. The zero-order valence-corrected chi connectivity index (χ0v) is 23.7. The highest BCUT2D eigenvalue weighted by Gasteiger charge is 2.39. The molecule has 9 nitrogen and oxygen atoms in total. The monoisotopic (exact) mass is 529 g/mol. The highest BCUT2D eigenvalue weighted by molar-refractivity contribution is 5.88.